The lowest BCUT2D eigenvalue weighted by molar-refractivity contribution is 0.0377. The van der Waals surface area contributed by atoms with Crippen molar-refractivity contribution in [3.63, 3.8) is 0 Å². The molecule has 47 heavy (non-hydrogen) atoms. The number of aliphatic hydroxyl groups excluding tert-OH is 1. The molecule has 0 aliphatic heterocycles. The van der Waals surface area contributed by atoms with Crippen LogP contribution in [0.15, 0.2) is 56.2 Å². The monoisotopic (exact) mass is 705 g/mol. The van der Waals surface area contributed by atoms with Crippen molar-refractivity contribution in [1.82, 2.24) is 0 Å². The number of benzene rings is 1. The van der Waals surface area contributed by atoms with E-state index < -0.39 is 32.5 Å². The third-order valence-corrected chi connectivity index (χ3v) is 22.4. The minimum absolute atomic E-state index is 0.0787. The van der Waals surface area contributed by atoms with Gasteiger partial charge in [-0.3, -0.25) is 0 Å². The lowest BCUT2D eigenvalue weighted by Crippen LogP contribution is -2.43. The standard InChI is InChI=1S/C39H71NO4SSi2/c1-29(2)34(27-44-47(15,16)38(8,9)10)40-45(42,33-21-19-30(3)20-22-33)28-32-18-17-24-39(11,12)36(32)35(41)26-31(4)23-25-43-46(13,14)37(5,6)7/h19-23,28-29,34-36,41H,17-18,24-27H2,1-16H3/b31-23-,32-28-/t34-,35+,36-,45+/m0/s1. The Hall–Kier alpha value is -1.04. The Morgan fingerprint density at radius 2 is 1.55 bits per heavy atom. The summed E-state index contributed by atoms with van der Waals surface area (Å²) in [6, 6.07) is 7.77. The first-order valence-corrected chi connectivity index (χ1v) is 25.3. The Kier molecular flexibility index (Phi) is 14.2. The van der Waals surface area contributed by atoms with Crippen LogP contribution in [0.3, 0.4) is 0 Å². The number of aryl methyl sites for hydroxylation is 1. The van der Waals surface area contributed by atoms with Gasteiger partial charge in [-0.2, -0.15) is 0 Å². The van der Waals surface area contributed by atoms with Crippen molar-refractivity contribution >= 4 is 26.4 Å². The summed E-state index contributed by atoms with van der Waals surface area (Å²) < 4.78 is 33.6. The number of aliphatic hydroxyl groups is 1. The fourth-order valence-corrected chi connectivity index (χ4v) is 9.93. The smallest absolute Gasteiger partial charge is 0.192 e. The predicted octanol–water partition coefficient (Wildman–Crippen LogP) is 11.3. The van der Waals surface area contributed by atoms with E-state index in [4.69, 9.17) is 13.2 Å². The molecule has 0 spiro atoms. The summed E-state index contributed by atoms with van der Waals surface area (Å²) in [4.78, 5) is 0.726. The van der Waals surface area contributed by atoms with Gasteiger partial charge in [0.25, 0.3) is 0 Å². The molecule has 1 fully saturated rings. The SMILES string of the molecule is C/C(=C/CO[Si](C)(C)C(C)(C)C)C[C@@H](O)[C@@H]1/C(=C\[S@](=O)(=N[C@@H](CO[Si](C)(C)C(C)(C)C)C(C)C)c2ccc(C)cc2)CCCC1(C)C. The Morgan fingerprint density at radius 1 is 1.02 bits per heavy atom. The van der Waals surface area contributed by atoms with Crippen molar-refractivity contribution in [3.8, 4) is 0 Å². The van der Waals surface area contributed by atoms with E-state index in [9.17, 15) is 5.11 Å². The summed E-state index contributed by atoms with van der Waals surface area (Å²) in [7, 11) is -6.84. The maximum Gasteiger partial charge on any atom is 0.192 e. The van der Waals surface area contributed by atoms with E-state index in [2.05, 4.69) is 115 Å². The quantitative estimate of drug-likeness (QED) is 0.164. The minimum atomic E-state index is -2.96. The molecular formula is C39H71NO4SSi2. The van der Waals surface area contributed by atoms with Crippen LogP contribution in [-0.2, 0) is 18.6 Å². The van der Waals surface area contributed by atoms with Crippen LogP contribution < -0.4 is 0 Å². The molecule has 0 saturated heterocycles. The maximum absolute atomic E-state index is 15.3. The zero-order chi connectivity index (χ0) is 36.2. The highest BCUT2D eigenvalue weighted by atomic mass is 32.2. The first kappa shape index (κ1) is 42.1. The molecule has 1 aromatic carbocycles. The summed E-state index contributed by atoms with van der Waals surface area (Å²) >= 11 is 0. The normalized spacial score (nSPS) is 21.9. The zero-order valence-electron chi connectivity index (χ0n) is 33.0. The van der Waals surface area contributed by atoms with Gasteiger partial charge in [-0.25, -0.2) is 8.57 Å². The number of hydrogen-bond donors (Lipinski definition) is 1. The van der Waals surface area contributed by atoms with Crippen LogP contribution in [0.5, 0.6) is 0 Å². The van der Waals surface area contributed by atoms with Crippen LogP contribution in [0.1, 0.15) is 107 Å². The van der Waals surface area contributed by atoms with Crippen molar-refractivity contribution in [2.24, 2.45) is 21.6 Å². The van der Waals surface area contributed by atoms with Crippen LogP contribution in [0.2, 0.25) is 36.3 Å². The summed E-state index contributed by atoms with van der Waals surface area (Å²) in [6.45, 7) is 36.5. The first-order chi connectivity index (χ1) is 21.2. The minimum Gasteiger partial charge on any atom is -0.415 e. The van der Waals surface area contributed by atoms with Crippen LogP contribution in [0.25, 0.3) is 0 Å². The van der Waals surface area contributed by atoms with Gasteiger partial charge in [-0.1, -0.05) is 104 Å². The summed E-state index contributed by atoms with van der Waals surface area (Å²) in [5.41, 5.74) is 3.18. The lowest BCUT2D eigenvalue weighted by Gasteiger charge is -2.43. The van der Waals surface area contributed by atoms with E-state index in [-0.39, 0.29) is 33.4 Å². The fraction of sp³-hybridized carbons (Fsp3) is 0.744. The zero-order valence-corrected chi connectivity index (χ0v) is 35.9. The summed E-state index contributed by atoms with van der Waals surface area (Å²) in [6.07, 6.45) is 4.94. The van der Waals surface area contributed by atoms with Crippen molar-refractivity contribution in [2.75, 3.05) is 13.2 Å². The molecule has 0 amide bonds. The highest BCUT2D eigenvalue weighted by Crippen LogP contribution is 2.47. The Morgan fingerprint density at radius 3 is 2.06 bits per heavy atom. The fourth-order valence-electron chi connectivity index (χ4n) is 5.75. The molecule has 0 heterocycles. The molecule has 5 nitrogen and oxygen atoms in total. The van der Waals surface area contributed by atoms with Crippen LogP contribution in [0, 0.1) is 24.2 Å². The second kappa shape index (κ2) is 15.9. The van der Waals surface area contributed by atoms with Gasteiger partial charge in [-0.05, 0) is 99.3 Å². The van der Waals surface area contributed by atoms with Crippen LogP contribution >= 0.6 is 0 Å². The average Bonchev–Trinajstić information content (AvgIpc) is 2.89. The maximum atomic E-state index is 15.3. The Bertz CT molecular complexity index is 1350. The predicted molar refractivity (Wildman–Crippen MR) is 209 cm³/mol. The summed E-state index contributed by atoms with van der Waals surface area (Å²) in [5.74, 6) is 0.0401. The Balaban J connectivity index is 2.57. The van der Waals surface area contributed by atoms with Gasteiger partial charge < -0.3 is 14.0 Å². The highest BCUT2D eigenvalue weighted by molar-refractivity contribution is 7.96. The van der Waals surface area contributed by atoms with Gasteiger partial charge in [0.15, 0.2) is 16.6 Å². The average molecular weight is 706 g/mol. The molecule has 2 rings (SSSR count). The van der Waals surface area contributed by atoms with E-state index in [1.807, 2.05) is 29.7 Å². The second-order valence-corrected chi connectivity index (χ2v) is 29.9. The largest absolute Gasteiger partial charge is 0.415 e. The molecule has 1 aromatic rings. The molecule has 0 radical (unpaired) electrons. The molecule has 270 valence electrons. The molecule has 0 aromatic heterocycles. The Labute approximate surface area is 292 Å². The number of rotatable bonds is 13. The van der Waals surface area contributed by atoms with Gasteiger partial charge in [-0.15, -0.1) is 0 Å². The van der Waals surface area contributed by atoms with Crippen molar-refractivity contribution < 1.29 is 18.2 Å². The summed E-state index contributed by atoms with van der Waals surface area (Å²) in [5, 5.41) is 14.1. The number of hydrogen-bond acceptors (Lipinski definition) is 5. The third kappa shape index (κ3) is 11.5. The van der Waals surface area contributed by atoms with E-state index in [1.54, 1.807) is 0 Å². The molecule has 8 heteroatoms. The van der Waals surface area contributed by atoms with E-state index >= 15 is 4.21 Å². The molecule has 1 saturated carbocycles. The van der Waals surface area contributed by atoms with E-state index in [1.165, 1.54) is 0 Å². The first-order valence-electron chi connectivity index (χ1n) is 17.9. The molecule has 0 unspecified atom stereocenters. The van der Waals surface area contributed by atoms with Crippen molar-refractivity contribution in [1.29, 1.82) is 0 Å². The highest BCUT2D eigenvalue weighted by Gasteiger charge is 2.41. The van der Waals surface area contributed by atoms with E-state index in [0.717, 1.165) is 40.9 Å². The molecule has 0 bridgehead atoms. The van der Waals surface area contributed by atoms with Crippen LogP contribution in [0.4, 0.5) is 0 Å². The van der Waals surface area contributed by atoms with Gasteiger partial charge in [0.05, 0.1) is 40.0 Å². The lowest BCUT2D eigenvalue weighted by atomic mass is 9.64. The molecule has 4 atom stereocenters. The van der Waals surface area contributed by atoms with Crippen molar-refractivity contribution in [3.05, 3.63) is 52.5 Å². The van der Waals surface area contributed by atoms with Crippen molar-refractivity contribution in [2.45, 2.75) is 162 Å². The third-order valence-electron chi connectivity index (χ3n) is 11.3. The second-order valence-electron chi connectivity index (χ2n) is 18.3. The van der Waals surface area contributed by atoms with Gasteiger partial charge in [0.1, 0.15) is 0 Å². The molecule has 1 aliphatic carbocycles. The van der Waals surface area contributed by atoms with Gasteiger partial charge >= 0.3 is 0 Å². The molecular weight excluding hydrogens is 635 g/mol. The van der Waals surface area contributed by atoms with Gasteiger partial charge in [0.2, 0.25) is 0 Å². The molecule has 1 aliphatic rings. The van der Waals surface area contributed by atoms with Crippen LogP contribution in [-0.4, -0.2) is 51.3 Å². The number of nitrogens with zero attached hydrogens (tertiary/aromatic N) is 1. The van der Waals surface area contributed by atoms with E-state index in [0.29, 0.717) is 19.6 Å². The molecule has 1 N–H and O–H groups in total. The topological polar surface area (TPSA) is 68.1 Å². The van der Waals surface area contributed by atoms with Gasteiger partial charge in [0, 0.05) is 11.3 Å².